The molecule has 1 unspecified atom stereocenters. The molecule has 0 aliphatic carbocycles. The summed E-state index contributed by atoms with van der Waals surface area (Å²) in [5.41, 5.74) is 2.69. The van der Waals surface area contributed by atoms with Crippen LogP contribution in [0.5, 0.6) is 11.5 Å². The van der Waals surface area contributed by atoms with Gasteiger partial charge in [0, 0.05) is 18.3 Å². The molecule has 0 amide bonds. The summed E-state index contributed by atoms with van der Waals surface area (Å²) < 4.78 is 10.5. The summed E-state index contributed by atoms with van der Waals surface area (Å²) >= 11 is 0. The van der Waals surface area contributed by atoms with Crippen molar-refractivity contribution < 1.29 is 14.6 Å². The van der Waals surface area contributed by atoms with E-state index in [1.807, 2.05) is 54.4 Å². The van der Waals surface area contributed by atoms with Gasteiger partial charge in [-0.3, -0.25) is 0 Å². The van der Waals surface area contributed by atoms with Crippen LogP contribution in [0.2, 0.25) is 0 Å². The van der Waals surface area contributed by atoms with Crippen LogP contribution in [0.15, 0.2) is 42.5 Å². The molecular formula is C17H21NO3. The molecule has 0 heterocycles. The number of methoxy groups -OCH3 is 2. The van der Waals surface area contributed by atoms with Crippen molar-refractivity contribution in [3.8, 4) is 11.5 Å². The number of benzene rings is 2. The van der Waals surface area contributed by atoms with E-state index in [9.17, 15) is 5.11 Å². The smallest absolute Gasteiger partial charge is 0.126 e. The number of hydrogen-bond donors (Lipinski definition) is 1. The molecule has 2 aromatic rings. The fourth-order valence-corrected chi connectivity index (χ4v) is 2.37. The number of nitrogens with zero attached hydrogens (tertiary/aromatic N) is 1. The van der Waals surface area contributed by atoms with Crippen LogP contribution in [0.4, 0.5) is 11.4 Å². The summed E-state index contributed by atoms with van der Waals surface area (Å²) in [6.07, 6.45) is -0.614. The van der Waals surface area contributed by atoms with Crippen molar-refractivity contribution in [3.63, 3.8) is 0 Å². The van der Waals surface area contributed by atoms with Gasteiger partial charge in [0.1, 0.15) is 11.5 Å². The molecule has 0 bridgehead atoms. The fraction of sp³-hybridized carbons (Fsp3) is 0.294. The molecule has 4 heteroatoms. The molecule has 0 aliphatic heterocycles. The highest BCUT2D eigenvalue weighted by molar-refractivity contribution is 5.69. The lowest BCUT2D eigenvalue weighted by Gasteiger charge is -2.25. The van der Waals surface area contributed by atoms with Gasteiger partial charge in [-0.25, -0.2) is 0 Å². The van der Waals surface area contributed by atoms with Crippen LogP contribution in [0.1, 0.15) is 18.6 Å². The SMILES string of the molecule is COc1ccc(N(C)c2cccc(OC)c2C(C)O)cc1. The van der Waals surface area contributed by atoms with E-state index in [0.717, 1.165) is 22.7 Å². The largest absolute Gasteiger partial charge is 0.497 e. The molecule has 21 heavy (non-hydrogen) atoms. The van der Waals surface area contributed by atoms with Crippen LogP contribution in [0.3, 0.4) is 0 Å². The van der Waals surface area contributed by atoms with Crippen molar-refractivity contribution in [2.75, 3.05) is 26.2 Å². The van der Waals surface area contributed by atoms with Crippen molar-refractivity contribution in [1.29, 1.82) is 0 Å². The molecule has 1 atom stereocenters. The molecule has 2 aromatic carbocycles. The predicted molar refractivity (Wildman–Crippen MR) is 84.7 cm³/mol. The van der Waals surface area contributed by atoms with Gasteiger partial charge in [0.25, 0.3) is 0 Å². The molecule has 112 valence electrons. The third-order valence-electron chi connectivity index (χ3n) is 3.50. The Bertz CT molecular complexity index is 593. The zero-order valence-corrected chi connectivity index (χ0v) is 12.8. The zero-order chi connectivity index (χ0) is 15.4. The van der Waals surface area contributed by atoms with E-state index in [1.54, 1.807) is 21.1 Å². The standard InChI is InChI=1S/C17H21NO3/c1-12(19)17-15(6-5-7-16(17)21-4)18(2)13-8-10-14(20-3)11-9-13/h5-12,19H,1-4H3. The Balaban J connectivity index is 2.44. The van der Waals surface area contributed by atoms with Crippen LogP contribution >= 0.6 is 0 Å². The van der Waals surface area contributed by atoms with E-state index in [1.165, 1.54) is 0 Å². The molecule has 0 saturated heterocycles. The summed E-state index contributed by atoms with van der Waals surface area (Å²) in [6.45, 7) is 1.74. The summed E-state index contributed by atoms with van der Waals surface area (Å²) in [7, 11) is 5.22. The predicted octanol–water partition coefficient (Wildman–Crippen LogP) is 3.53. The van der Waals surface area contributed by atoms with Crippen molar-refractivity contribution in [3.05, 3.63) is 48.0 Å². The molecule has 0 spiro atoms. The topological polar surface area (TPSA) is 41.9 Å². The van der Waals surface area contributed by atoms with Gasteiger partial charge in [-0.05, 0) is 43.3 Å². The molecule has 4 nitrogen and oxygen atoms in total. The van der Waals surface area contributed by atoms with Crippen molar-refractivity contribution in [2.45, 2.75) is 13.0 Å². The van der Waals surface area contributed by atoms with Gasteiger partial charge in [-0.2, -0.15) is 0 Å². The lowest BCUT2D eigenvalue weighted by atomic mass is 10.1. The Morgan fingerprint density at radius 2 is 1.67 bits per heavy atom. The molecule has 0 radical (unpaired) electrons. The van der Waals surface area contributed by atoms with Gasteiger partial charge in [0.05, 0.1) is 26.0 Å². The number of hydrogen-bond acceptors (Lipinski definition) is 4. The molecule has 0 fully saturated rings. The minimum Gasteiger partial charge on any atom is -0.497 e. The Labute approximate surface area is 125 Å². The number of rotatable bonds is 5. The molecule has 1 N–H and O–H groups in total. The number of aliphatic hydroxyl groups is 1. The first-order chi connectivity index (χ1) is 10.1. The highest BCUT2D eigenvalue weighted by Crippen LogP contribution is 2.37. The molecule has 0 aliphatic rings. The van der Waals surface area contributed by atoms with Crippen LogP contribution < -0.4 is 14.4 Å². The first-order valence-corrected chi connectivity index (χ1v) is 6.81. The fourth-order valence-electron chi connectivity index (χ4n) is 2.37. The number of ether oxygens (including phenoxy) is 2. The third-order valence-corrected chi connectivity index (χ3v) is 3.50. The second-order valence-corrected chi connectivity index (χ2v) is 4.83. The average Bonchev–Trinajstić information content (AvgIpc) is 2.53. The monoisotopic (exact) mass is 287 g/mol. The van der Waals surface area contributed by atoms with E-state index in [-0.39, 0.29) is 0 Å². The Morgan fingerprint density at radius 3 is 2.19 bits per heavy atom. The Morgan fingerprint density at radius 1 is 1.00 bits per heavy atom. The molecule has 0 aromatic heterocycles. The third kappa shape index (κ3) is 3.11. The average molecular weight is 287 g/mol. The van der Waals surface area contributed by atoms with Crippen LogP contribution in [-0.2, 0) is 0 Å². The van der Waals surface area contributed by atoms with E-state index < -0.39 is 6.10 Å². The second-order valence-electron chi connectivity index (χ2n) is 4.83. The second kappa shape index (κ2) is 6.50. The van der Waals surface area contributed by atoms with Crippen molar-refractivity contribution in [2.24, 2.45) is 0 Å². The first kappa shape index (κ1) is 15.2. The summed E-state index contributed by atoms with van der Waals surface area (Å²) in [4.78, 5) is 2.02. The maximum atomic E-state index is 10.1. The summed E-state index contributed by atoms with van der Waals surface area (Å²) in [6, 6.07) is 13.5. The summed E-state index contributed by atoms with van der Waals surface area (Å²) in [5.74, 6) is 1.50. The lowest BCUT2D eigenvalue weighted by molar-refractivity contribution is 0.195. The van der Waals surface area contributed by atoms with E-state index in [4.69, 9.17) is 9.47 Å². The maximum Gasteiger partial charge on any atom is 0.126 e. The van der Waals surface area contributed by atoms with Gasteiger partial charge in [0.2, 0.25) is 0 Å². The van der Waals surface area contributed by atoms with Gasteiger partial charge < -0.3 is 19.5 Å². The molecular weight excluding hydrogens is 266 g/mol. The van der Waals surface area contributed by atoms with Crippen molar-refractivity contribution in [1.82, 2.24) is 0 Å². The summed E-state index contributed by atoms with van der Waals surface area (Å²) in [5, 5.41) is 10.1. The van der Waals surface area contributed by atoms with Gasteiger partial charge in [-0.15, -0.1) is 0 Å². The first-order valence-electron chi connectivity index (χ1n) is 6.81. The highest BCUT2D eigenvalue weighted by atomic mass is 16.5. The normalized spacial score (nSPS) is 11.9. The Hall–Kier alpha value is -2.20. The van der Waals surface area contributed by atoms with E-state index in [2.05, 4.69) is 0 Å². The van der Waals surface area contributed by atoms with Gasteiger partial charge in [0.15, 0.2) is 0 Å². The van der Waals surface area contributed by atoms with E-state index >= 15 is 0 Å². The minimum absolute atomic E-state index is 0.614. The highest BCUT2D eigenvalue weighted by Gasteiger charge is 2.17. The molecule has 2 rings (SSSR count). The molecule has 0 saturated carbocycles. The van der Waals surface area contributed by atoms with Crippen LogP contribution in [0, 0.1) is 0 Å². The zero-order valence-electron chi connectivity index (χ0n) is 12.8. The van der Waals surface area contributed by atoms with Crippen LogP contribution in [-0.4, -0.2) is 26.4 Å². The number of aliphatic hydroxyl groups excluding tert-OH is 1. The Kier molecular flexibility index (Phi) is 4.70. The quantitative estimate of drug-likeness (QED) is 0.913. The minimum atomic E-state index is -0.614. The number of anilines is 2. The maximum absolute atomic E-state index is 10.1. The van der Waals surface area contributed by atoms with Gasteiger partial charge in [-0.1, -0.05) is 6.07 Å². The van der Waals surface area contributed by atoms with Crippen molar-refractivity contribution >= 4 is 11.4 Å². The lowest BCUT2D eigenvalue weighted by Crippen LogP contribution is -2.13. The van der Waals surface area contributed by atoms with E-state index in [0.29, 0.717) is 5.75 Å². The van der Waals surface area contributed by atoms with Gasteiger partial charge >= 0.3 is 0 Å². The van der Waals surface area contributed by atoms with Crippen LogP contribution in [0.25, 0.3) is 0 Å².